The summed E-state index contributed by atoms with van der Waals surface area (Å²) in [5, 5.41) is 0. The van der Waals surface area contributed by atoms with Gasteiger partial charge < -0.3 is 4.42 Å². The minimum Gasteiger partial charge on any atom is -0.472 e. The Labute approximate surface area is 88.1 Å². The van der Waals surface area contributed by atoms with E-state index in [2.05, 4.69) is 10.4 Å². The summed E-state index contributed by atoms with van der Waals surface area (Å²) < 4.78 is 5.04. The van der Waals surface area contributed by atoms with Gasteiger partial charge in [-0.05, 0) is 24.6 Å². The van der Waals surface area contributed by atoms with E-state index < -0.39 is 0 Å². The summed E-state index contributed by atoms with van der Waals surface area (Å²) >= 11 is 0. The highest BCUT2D eigenvalue weighted by Crippen LogP contribution is 2.22. The van der Waals surface area contributed by atoms with Gasteiger partial charge in [0.1, 0.15) is 0 Å². The van der Waals surface area contributed by atoms with Crippen LogP contribution in [0.4, 0.5) is 0 Å². The minimum absolute atomic E-state index is 0.120. The Balaban J connectivity index is 2.40. The predicted octanol–water partition coefficient (Wildman–Crippen LogP) is 1.54. The van der Waals surface area contributed by atoms with Gasteiger partial charge >= 0.3 is 0 Å². The number of nitrogens with one attached hydrogen (secondary N) is 1. The molecule has 2 heterocycles. The first kappa shape index (κ1) is 9.89. The van der Waals surface area contributed by atoms with Crippen LogP contribution in [0.3, 0.4) is 0 Å². The second-order valence-corrected chi connectivity index (χ2v) is 3.36. The minimum atomic E-state index is -0.120. The van der Waals surface area contributed by atoms with E-state index in [1.165, 1.54) is 0 Å². The van der Waals surface area contributed by atoms with Crippen LogP contribution in [0, 0.1) is 6.92 Å². The molecule has 0 fully saturated rings. The van der Waals surface area contributed by atoms with E-state index in [0.29, 0.717) is 0 Å². The normalized spacial score (nSPS) is 12.7. The highest BCUT2D eigenvalue weighted by Gasteiger charge is 2.16. The molecule has 78 valence electrons. The average molecular weight is 203 g/mol. The first-order valence-electron chi connectivity index (χ1n) is 4.72. The molecule has 0 spiro atoms. The molecule has 4 heteroatoms. The van der Waals surface area contributed by atoms with Crippen molar-refractivity contribution in [3.63, 3.8) is 0 Å². The van der Waals surface area contributed by atoms with E-state index in [-0.39, 0.29) is 6.04 Å². The summed E-state index contributed by atoms with van der Waals surface area (Å²) in [6.07, 6.45) is 5.04. The van der Waals surface area contributed by atoms with Gasteiger partial charge in [-0.2, -0.15) is 0 Å². The van der Waals surface area contributed by atoms with Crippen molar-refractivity contribution in [2.24, 2.45) is 5.84 Å². The Hall–Kier alpha value is -1.65. The fraction of sp³-hybridized carbons (Fsp3) is 0.182. The van der Waals surface area contributed by atoms with Gasteiger partial charge in [0.25, 0.3) is 0 Å². The lowest BCUT2D eigenvalue weighted by Gasteiger charge is -2.15. The average Bonchev–Trinajstić information content (AvgIpc) is 2.75. The second kappa shape index (κ2) is 4.25. The van der Waals surface area contributed by atoms with Gasteiger partial charge in [0.05, 0.1) is 24.3 Å². The van der Waals surface area contributed by atoms with E-state index in [1.807, 2.05) is 25.1 Å². The molecule has 0 amide bonds. The zero-order chi connectivity index (χ0) is 10.7. The van der Waals surface area contributed by atoms with Crippen LogP contribution in [0.1, 0.15) is 22.9 Å². The smallest absolute Gasteiger partial charge is 0.0954 e. The molecule has 2 aromatic heterocycles. The maximum absolute atomic E-state index is 5.53. The fourth-order valence-electron chi connectivity index (χ4n) is 1.57. The number of nitrogens with two attached hydrogens (primary N) is 1. The molecule has 0 aliphatic rings. The number of pyridine rings is 1. The van der Waals surface area contributed by atoms with Crippen molar-refractivity contribution in [3.05, 3.63) is 53.7 Å². The largest absolute Gasteiger partial charge is 0.472 e. The van der Waals surface area contributed by atoms with Crippen LogP contribution in [0.5, 0.6) is 0 Å². The monoisotopic (exact) mass is 203 g/mol. The molecule has 0 radical (unpaired) electrons. The lowest BCUT2D eigenvalue weighted by Crippen LogP contribution is -2.29. The number of hydrogen-bond acceptors (Lipinski definition) is 4. The van der Waals surface area contributed by atoms with Crippen LogP contribution < -0.4 is 11.3 Å². The van der Waals surface area contributed by atoms with E-state index in [9.17, 15) is 0 Å². The molecular formula is C11H13N3O. The maximum atomic E-state index is 5.53. The van der Waals surface area contributed by atoms with E-state index in [4.69, 9.17) is 10.3 Å². The van der Waals surface area contributed by atoms with Crippen LogP contribution in [0.2, 0.25) is 0 Å². The standard InChI is InChI=1S/C11H13N3O/c1-8-3-2-5-13-10(8)11(14-12)9-4-6-15-7-9/h2-7,11,14H,12H2,1H3. The van der Waals surface area contributed by atoms with E-state index in [1.54, 1.807) is 18.7 Å². The third-order valence-corrected chi connectivity index (χ3v) is 2.37. The summed E-state index contributed by atoms with van der Waals surface area (Å²) in [5.41, 5.74) is 5.73. The predicted molar refractivity (Wildman–Crippen MR) is 56.8 cm³/mol. The summed E-state index contributed by atoms with van der Waals surface area (Å²) in [5.74, 6) is 5.53. The third kappa shape index (κ3) is 1.91. The number of aromatic nitrogens is 1. The molecule has 1 unspecified atom stereocenters. The summed E-state index contributed by atoms with van der Waals surface area (Å²) in [6.45, 7) is 2.01. The van der Waals surface area contributed by atoms with Crippen LogP contribution in [-0.2, 0) is 0 Å². The Bertz CT molecular complexity index is 425. The molecule has 0 aliphatic heterocycles. The van der Waals surface area contributed by atoms with E-state index in [0.717, 1.165) is 16.8 Å². The Kier molecular flexibility index (Phi) is 2.80. The summed E-state index contributed by atoms with van der Waals surface area (Å²) in [7, 11) is 0. The van der Waals surface area contributed by atoms with Crippen molar-refractivity contribution >= 4 is 0 Å². The van der Waals surface area contributed by atoms with Gasteiger partial charge in [-0.1, -0.05) is 6.07 Å². The molecule has 0 saturated heterocycles. The summed E-state index contributed by atoms with van der Waals surface area (Å²) in [4.78, 5) is 4.32. The van der Waals surface area contributed by atoms with Gasteiger partial charge in [0.15, 0.2) is 0 Å². The molecule has 0 saturated carbocycles. The molecule has 0 aromatic carbocycles. The third-order valence-electron chi connectivity index (χ3n) is 2.37. The SMILES string of the molecule is Cc1cccnc1C(NN)c1ccoc1. The number of rotatable bonds is 3. The first-order valence-corrected chi connectivity index (χ1v) is 4.72. The van der Waals surface area contributed by atoms with Gasteiger partial charge in [-0.25, -0.2) is 5.43 Å². The topological polar surface area (TPSA) is 64.1 Å². The molecule has 0 bridgehead atoms. The number of hydrogen-bond donors (Lipinski definition) is 2. The maximum Gasteiger partial charge on any atom is 0.0954 e. The van der Waals surface area contributed by atoms with Crippen molar-refractivity contribution in [3.8, 4) is 0 Å². The second-order valence-electron chi connectivity index (χ2n) is 3.36. The van der Waals surface area contributed by atoms with Gasteiger partial charge in [-0.15, -0.1) is 0 Å². The zero-order valence-corrected chi connectivity index (χ0v) is 8.47. The quantitative estimate of drug-likeness (QED) is 0.586. The zero-order valence-electron chi connectivity index (χ0n) is 8.47. The van der Waals surface area contributed by atoms with Crippen molar-refractivity contribution < 1.29 is 4.42 Å². The Morgan fingerprint density at radius 3 is 2.93 bits per heavy atom. The first-order chi connectivity index (χ1) is 7.33. The van der Waals surface area contributed by atoms with Crippen molar-refractivity contribution in [1.29, 1.82) is 0 Å². The fourth-order valence-corrected chi connectivity index (χ4v) is 1.57. The molecule has 4 nitrogen and oxygen atoms in total. The molecule has 2 aromatic rings. The Morgan fingerprint density at radius 1 is 1.47 bits per heavy atom. The molecule has 2 rings (SSSR count). The number of aryl methyl sites for hydroxylation is 1. The van der Waals surface area contributed by atoms with Crippen LogP contribution in [0.25, 0.3) is 0 Å². The van der Waals surface area contributed by atoms with Crippen molar-refractivity contribution in [2.75, 3.05) is 0 Å². The van der Waals surface area contributed by atoms with Crippen molar-refractivity contribution in [1.82, 2.24) is 10.4 Å². The van der Waals surface area contributed by atoms with Gasteiger partial charge in [-0.3, -0.25) is 10.8 Å². The summed E-state index contributed by atoms with van der Waals surface area (Å²) in [6, 6.07) is 5.66. The molecular weight excluding hydrogens is 190 g/mol. The molecule has 1 atom stereocenters. The highest BCUT2D eigenvalue weighted by atomic mass is 16.3. The van der Waals surface area contributed by atoms with Crippen LogP contribution in [0.15, 0.2) is 41.3 Å². The van der Waals surface area contributed by atoms with E-state index >= 15 is 0 Å². The number of furan rings is 1. The Morgan fingerprint density at radius 2 is 2.33 bits per heavy atom. The lowest BCUT2D eigenvalue weighted by atomic mass is 10.0. The number of nitrogens with zero attached hydrogens (tertiary/aromatic N) is 1. The van der Waals surface area contributed by atoms with Crippen LogP contribution >= 0.6 is 0 Å². The molecule has 15 heavy (non-hydrogen) atoms. The van der Waals surface area contributed by atoms with Gasteiger partial charge in [0.2, 0.25) is 0 Å². The molecule has 0 aliphatic carbocycles. The molecule has 3 N–H and O–H groups in total. The van der Waals surface area contributed by atoms with Crippen LogP contribution in [-0.4, -0.2) is 4.98 Å². The lowest BCUT2D eigenvalue weighted by molar-refractivity contribution is 0.550. The van der Waals surface area contributed by atoms with Crippen molar-refractivity contribution in [2.45, 2.75) is 13.0 Å². The van der Waals surface area contributed by atoms with Gasteiger partial charge in [0, 0.05) is 11.8 Å². The highest BCUT2D eigenvalue weighted by molar-refractivity contribution is 5.29. The number of hydrazine groups is 1.